The van der Waals surface area contributed by atoms with E-state index in [1.807, 2.05) is 0 Å². The third-order valence-electron chi connectivity index (χ3n) is 2.77. The van der Waals surface area contributed by atoms with Gasteiger partial charge in [0.15, 0.2) is 0 Å². The number of carboxylic acids is 1. The van der Waals surface area contributed by atoms with Gasteiger partial charge in [-0.25, -0.2) is 0 Å². The zero-order valence-electron chi connectivity index (χ0n) is 10.9. The Hall–Kier alpha value is -2.04. The average Bonchev–Trinajstić information content (AvgIpc) is 2.28. The van der Waals surface area contributed by atoms with Crippen molar-refractivity contribution in [2.75, 3.05) is 12.4 Å². The Labute approximate surface area is 106 Å². The van der Waals surface area contributed by atoms with E-state index in [1.54, 1.807) is 32.0 Å². The topological polar surface area (TPSA) is 75.6 Å². The van der Waals surface area contributed by atoms with Crippen molar-refractivity contribution in [2.24, 2.45) is 0 Å². The number of carbonyl (C=O) groups excluding carboxylic acids is 1. The number of nitrogens with one attached hydrogen (secondary N) is 1. The van der Waals surface area contributed by atoms with E-state index >= 15 is 0 Å². The van der Waals surface area contributed by atoms with E-state index in [4.69, 9.17) is 9.84 Å². The van der Waals surface area contributed by atoms with Crippen LogP contribution in [0.2, 0.25) is 0 Å². The van der Waals surface area contributed by atoms with Crippen molar-refractivity contribution < 1.29 is 19.4 Å². The number of benzene rings is 1. The summed E-state index contributed by atoms with van der Waals surface area (Å²) < 4.78 is 5.15. The Morgan fingerprint density at radius 1 is 1.33 bits per heavy atom. The van der Waals surface area contributed by atoms with Crippen LogP contribution in [0, 0.1) is 0 Å². The quantitative estimate of drug-likeness (QED) is 0.858. The predicted octanol–water partition coefficient (Wildman–Crippen LogP) is 2.02. The van der Waals surface area contributed by atoms with E-state index in [9.17, 15) is 9.59 Å². The lowest BCUT2D eigenvalue weighted by atomic mass is 9.84. The lowest BCUT2D eigenvalue weighted by Gasteiger charge is -2.21. The van der Waals surface area contributed by atoms with Gasteiger partial charge in [0.05, 0.1) is 18.2 Å². The summed E-state index contributed by atoms with van der Waals surface area (Å²) in [5.41, 5.74) is 0.123. The number of aliphatic carboxylic acids is 1. The summed E-state index contributed by atoms with van der Waals surface area (Å²) >= 11 is 0. The van der Waals surface area contributed by atoms with E-state index in [-0.39, 0.29) is 5.91 Å². The summed E-state index contributed by atoms with van der Waals surface area (Å²) in [5, 5.41) is 11.8. The van der Waals surface area contributed by atoms with Gasteiger partial charge >= 0.3 is 5.97 Å². The molecule has 18 heavy (non-hydrogen) atoms. The van der Waals surface area contributed by atoms with Gasteiger partial charge in [-0.2, -0.15) is 0 Å². The smallest absolute Gasteiger partial charge is 0.313 e. The van der Waals surface area contributed by atoms with Gasteiger partial charge in [0.25, 0.3) is 0 Å². The summed E-state index contributed by atoms with van der Waals surface area (Å²) in [4.78, 5) is 22.2. The Bertz CT molecular complexity index is 480. The average molecular weight is 251 g/mol. The minimum Gasteiger partial charge on any atom is -0.495 e. The molecule has 0 aromatic heterocycles. The molecule has 0 spiro atoms. The molecule has 0 aliphatic carbocycles. The first kappa shape index (κ1) is 14.0. The van der Waals surface area contributed by atoms with Crippen LogP contribution >= 0.6 is 0 Å². The molecule has 0 fully saturated rings. The molecule has 0 saturated heterocycles. The molecule has 0 saturated carbocycles. The molecular weight excluding hydrogens is 234 g/mol. The first-order valence-corrected chi connectivity index (χ1v) is 5.48. The fourth-order valence-corrected chi connectivity index (χ4v) is 1.50. The standard InChI is InChI=1S/C13H17NO4/c1-8(15)14-10-6-5-9(7-11(10)18-4)13(2,3)12(16)17/h5-7H,1-4H3,(H,14,15)(H,16,17). The van der Waals surface area contributed by atoms with Crippen LogP contribution in [-0.4, -0.2) is 24.1 Å². The van der Waals surface area contributed by atoms with E-state index in [0.717, 1.165) is 0 Å². The number of anilines is 1. The first-order valence-electron chi connectivity index (χ1n) is 5.48. The Morgan fingerprint density at radius 2 is 1.94 bits per heavy atom. The van der Waals surface area contributed by atoms with Crippen LogP contribution in [0.3, 0.4) is 0 Å². The molecule has 0 radical (unpaired) electrons. The summed E-state index contributed by atoms with van der Waals surface area (Å²) in [6.45, 7) is 4.62. The van der Waals surface area contributed by atoms with Gasteiger partial charge in [-0.1, -0.05) is 6.07 Å². The number of hydrogen-bond acceptors (Lipinski definition) is 3. The number of rotatable bonds is 4. The van der Waals surface area contributed by atoms with E-state index < -0.39 is 11.4 Å². The van der Waals surface area contributed by atoms with Crippen LogP contribution in [0.4, 0.5) is 5.69 Å². The van der Waals surface area contributed by atoms with Gasteiger partial charge in [-0.15, -0.1) is 0 Å². The maximum atomic E-state index is 11.2. The molecule has 1 rings (SSSR count). The van der Waals surface area contributed by atoms with Crippen LogP contribution in [-0.2, 0) is 15.0 Å². The summed E-state index contributed by atoms with van der Waals surface area (Å²) in [5.74, 6) is -0.688. The van der Waals surface area contributed by atoms with Gasteiger partial charge in [0, 0.05) is 6.92 Å². The molecule has 5 nitrogen and oxygen atoms in total. The molecule has 0 aliphatic rings. The number of amides is 1. The van der Waals surface area contributed by atoms with E-state index in [0.29, 0.717) is 17.0 Å². The first-order chi connectivity index (χ1) is 8.28. The summed E-state index contributed by atoms with van der Waals surface area (Å²) in [7, 11) is 1.47. The summed E-state index contributed by atoms with van der Waals surface area (Å²) in [6, 6.07) is 4.93. The second kappa shape index (κ2) is 5.08. The maximum absolute atomic E-state index is 11.2. The van der Waals surface area contributed by atoms with Crippen molar-refractivity contribution in [3.8, 4) is 5.75 Å². The fraction of sp³-hybridized carbons (Fsp3) is 0.385. The zero-order chi connectivity index (χ0) is 13.9. The van der Waals surface area contributed by atoms with Gasteiger partial charge in [-0.3, -0.25) is 9.59 Å². The lowest BCUT2D eigenvalue weighted by molar-refractivity contribution is -0.142. The van der Waals surface area contributed by atoms with Crippen LogP contribution in [0.1, 0.15) is 26.3 Å². The van der Waals surface area contributed by atoms with Crippen molar-refractivity contribution >= 4 is 17.6 Å². The number of carboxylic acid groups (broad SMARTS) is 1. The molecule has 1 aromatic carbocycles. The molecule has 0 bridgehead atoms. The lowest BCUT2D eigenvalue weighted by Crippen LogP contribution is -2.28. The molecule has 98 valence electrons. The monoisotopic (exact) mass is 251 g/mol. The third kappa shape index (κ3) is 2.80. The number of carbonyl (C=O) groups is 2. The van der Waals surface area contributed by atoms with Crippen molar-refractivity contribution in [1.29, 1.82) is 0 Å². The van der Waals surface area contributed by atoms with E-state index in [2.05, 4.69) is 5.32 Å². The summed E-state index contributed by atoms with van der Waals surface area (Å²) in [6.07, 6.45) is 0. The van der Waals surface area contributed by atoms with Crippen molar-refractivity contribution in [3.05, 3.63) is 23.8 Å². The van der Waals surface area contributed by atoms with Crippen LogP contribution in [0.5, 0.6) is 5.75 Å². The second-order valence-corrected chi connectivity index (χ2v) is 4.53. The highest BCUT2D eigenvalue weighted by Gasteiger charge is 2.30. The fourth-order valence-electron chi connectivity index (χ4n) is 1.50. The molecule has 0 atom stereocenters. The molecule has 2 N–H and O–H groups in total. The van der Waals surface area contributed by atoms with Crippen LogP contribution in [0.25, 0.3) is 0 Å². The molecular formula is C13H17NO4. The Balaban J connectivity index is 3.21. The molecule has 5 heteroatoms. The minimum atomic E-state index is -1.01. The highest BCUT2D eigenvalue weighted by Crippen LogP contribution is 2.32. The van der Waals surface area contributed by atoms with Gasteiger partial charge < -0.3 is 15.2 Å². The van der Waals surface area contributed by atoms with Crippen molar-refractivity contribution in [2.45, 2.75) is 26.2 Å². The van der Waals surface area contributed by atoms with Gasteiger partial charge in [0.1, 0.15) is 5.75 Å². The Kier molecular flexibility index (Phi) is 3.96. The van der Waals surface area contributed by atoms with E-state index in [1.165, 1.54) is 14.0 Å². The third-order valence-corrected chi connectivity index (χ3v) is 2.77. The normalized spacial score (nSPS) is 10.9. The molecule has 1 aromatic rings. The molecule has 0 heterocycles. The predicted molar refractivity (Wildman–Crippen MR) is 68.0 cm³/mol. The van der Waals surface area contributed by atoms with Crippen molar-refractivity contribution in [1.82, 2.24) is 0 Å². The number of hydrogen-bond donors (Lipinski definition) is 2. The molecule has 1 amide bonds. The molecule has 0 aliphatic heterocycles. The van der Waals surface area contributed by atoms with Crippen LogP contribution < -0.4 is 10.1 Å². The zero-order valence-corrected chi connectivity index (χ0v) is 10.9. The minimum absolute atomic E-state index is 0.210. The Morgan fingerprint density at radius 3 is 2.39 bits per heavy atom. The number of methoxy groups -OCH3 is 1. The molecule has 0 unspecified atom stereocenters. The van der Waals surface area contributed by atoms with Crippen LogP contribution in [0.15, 0.2) is 18.2 Å². The maximum Gasteiger partial charge on any atom is 0.313 e. The number of ether oxygens (including phenoxy) is 1. The largest absolute Gasteiger partial charge is 0.495 e. The second-order valence-electron chi connectivity index (χ2n) is 4.53. The highest BCUT2D eigenvalue weighted by atomic mass is 16.5. The van der Waals surface area contributed by atoms with Gasteiger partial charge in [-0.05, 0) is 31.5 Å². The highest BCUT2D eigenvalue weighted by molar-refractivity contribution is 5.90. The van der Waals surface area contributed by atoms with Crippen molar-refractivity contribution in [3.63, 3.8) is 0 Å². The SMILES string of the molecule is COc1cc(C(C)(C)C(=O)O)ccc1NC(C)=O. The van der Waals surface area contributed by atoms with Gasteiger partial charge in [0.2, 0.25) is 5.91 Å².